The van der Waals surface area contributed by atoms with Gasteiger partial charge in [0.2, 0.25) is 5.91 Å². The number of nitrogens with one attached hydrogen (secondary N) is 1. The monoisotopic (exact) mass is 224 g/mol. The number of nitrogens with zero attached hydrogens (tertiary/aromatic N) is 1. The van der Waals surface area contributed by atoms with E-state index in [2.05, 4.69) is 24.3 Å². The predicted octanol–water partition coefficient (Wildman–Crippen LogP) is 3.14. The minimum absolute atomic E-state index is 0.0528. The summed E-state index contributed by atoms with van der Waals surface area (Å²) in [6, 6.07) is 1.73. The van der Waals surface area contributed by atoms with Crippen molar-refractivity contribution >= 4 is 11.7 Å². The molecule has 0 spiro atoms. The van der Waals surface area contributed by atoms with Crippen molar-refractivity contribution in [3.05, 3.63) is 11.8 Å². The summed E-state index contributed by atoms with van der Waals surface area (Å²) in [4.78, 5) is 11.9. The first kappa shape index (κ1) is 12.7. The number of hydrogen-bond acceptors (Lipinski definition) is 3. The minimum atomic E-state index is 0.0528. The number of carbonyl (C=O) groups excluding carboxylic acids is 1. The fourth-order valence-corrected chi connectivity index (χ4v) is 1.76. The lowest BCUT2D eigenvalue weighted by Crippen LogP contribution is -2.22. The van der Waals surface area contributed by atoms with E-state index in [1.807, 2.05) is 0 Å². The molecule has 1 aromatic rings. The van der Waals surface area contributed by atoms with Gasteiger partial charge in [0.1, 0.15) is 5.76 Å². The first-order valence-corrected chi connectivity index (χ1v) is 5.91. The van der Waals surface area contributed by atoms with Crippen LogP contribution in [-0.4, -0.2) is 11.1 Å². The molecule has 0 aliphatic carbocycles. The summed E-state index contributed by atoms with van der Waals surface area (Å²) in [6.07, 6.45) is 3.90. The predicted molar refractivity (Wildman–Crippen MR) is 63.2 cm³/mol. The van der Waals surface area contributed by atoms with Gasteiger partial charge in [0, 0.05) is 12.0 Å². The van der Waals surface area contributed by atoms with Crippen molar-refractivity contribution in [3.8, 4) is 0 Å². The molecule has 1 aromatic heterocycles. The van der Waals surface area contributed by atoms with Gasteiger partial charge in [0.25, 0.3) is 0 Å². The molecule has 0 aromatic carbocycles. The van der Waals surface area contributed by atoms with Gasteiger partial charge < -0.3 is 9.84 Å². The first-order chi connectivity index (χ1) is 7.67. The van der Waals surface area contributed by atoms with Crippen LogP contribution in [0.4, 0.5) is 5.82 Å². The van der Waals surface area contributed by atoms with Crippen LogP contribution >= 0.6 is 0 Å². The normalized spacial score (nSPS) is 10.8. The second kappa shape index (κ2) is 6.30. The van der Waals surface area contributed by atoms with Gasteiger partial charge in [-0.3, -0.25) is 4.79 Å². The highest BCUT2D eigenvalue weighted by molar-refractivity contribution is 5.91. The van der Waals surface area contributed by atoms with E-state index in [-0.39, 0.29) is 11.8 Å². The molecule has 1 rings (SSSR count). The highest BCUT2D eigenvalue weighted by atomic mass is 16.5. The Bertz CT molecular complexity index is 328. The minimum Gasteiger partial charge on any atom is -0.360 e. The quantitative estimate of drug-likeness (QED) is 0.807. The Hall–Kier alpha value is -1.32. The van der Waals surface area contributed by atoms with Crippen molar-refractivity contribution in [2.24, 2.45) is 5.92 Å². The van der Waals surface area contributed by atoms with Crippen LogP contribution < -0.4 is 5.32 Å². The lowest BCUT2D eigenvalue weighted by atomic mass is 9.97. The Morgan fingerprint density at radius 3 is 2.50 bits per heavy atom. The summed E-state index contributed by atoms with van der Waals surface area (Å²) >= 11 is 0. The van der Waals surface area contributed by atoms with Crippen molar-refractivity contribution in [2.45, 2.75) is 46.5 Å². The molecule has 1 amide bonds. The van der Waals surface area contributed by atoms with Crippen LogP contribution in [0.3, 0.4) is 0 Å². The molecule has 0 saturated heterocycles. The van der Waals surface area contributed by atoms with Crippen LogP contribution in [0.1, 0.15) is 45.3 Å². The number of hydrogen-bond donors (Lipinski definition) is 1. The molecule has 0 aliphatic heterocycles. The molecule has 0 bridgehead atoms. The summed E-state index contributed by atoms with van der Waals surface area (Å²) in [5, 5.41) is 6.54. The lowest BCUT2D eigenvalue weighted by Gasteiger charge is -2.13. The highest BCUT2D eigenvalue weighted by Crippen LogP contribution is 2.16. The Morgan fingerprint density at radius 2 is 2.06 bits per heavy atom. The van der Waals surface area contributed by atoms with E-state index in [0.717, 1.165) is 25.7 Å². The van der Waals surface area contributed by atoms with Crippen molar-refractivity contribution in [1.29, 1.82) is 0 Å². The largest absolute Gasteiger partial charge is 0.360 e. The molecule has 0 saturated carbocycles. The van der Waals surface area contributed by atoms with Crippen molar-refractivity contribution in [1.82, 2.24) is 5.16 Å². The molecule has 0 fully saturated rings. The summed E-state index contributed by atoms with van der Waals surface area (Å²) in [6.45, 7) is 5.99. The molecule has 90 valence electrons. The first-order valence-electron chi connectivity index (χ1n) is 5.91. The standard InChI is InChI=1S/C12H20N2O2/c1-4-6-10(7-5-2)12(15)13-11-8-9(3)16-14-11/h8,10H,4-7H2,1-3H3,(H,13,14,15). The van der Waals surface area contributed by atoms with Gasteiger partial charge in [-0.15, -0.1) is 0 Å². The van der Waals surface area contributed by atoms with Crippen LogP contribution in [0, 0.1) is 12.8 Å². The van der Waals surface area contributed by atoms with E-state index in [1.54, 1.807) is 13.0 Å². The average Bonchev–Trinajstić information content (AvgIpc) is 2.63. The van der Waals surface area contributed by atoms with Crippen LogP contribution in [0.15, 0.2) is 10.6 Å². The average molecular weight is 224 g/mol. The fourth-order valence-electron chi connectivity index (χ4n) is 1.76. The molecule has 1 N–H and O–H groups in total. The molecule has 4 heteroatoms. The highest BCUT2D eigenvalue weighted by Gasteiger charge is 2.17. The summed E-state index contributed by atoms with van der Waals surface area (Å²) < 4.78 is 4.90. The number of carbonyl (C=O) groups is 1. The van der Waals surface area contributed by atoms with E-state index < -0.39 is 0 Å². The fraction of sp³-hybridized carbons (Fsp3) is 0.667. The Balaban J connectivity index is 2.54. The third kappa shape index (κ3) is 3.68. The topological polar surface area (TPSA) is 55.1 Å². The smallest absolute Gasteiger partial charge is 0.228 e. The summed E-state index contributed by atoms with van der Waals surface area (Å²) in [5.74, 6) is 1.36. The van der Waals surface area contributed by atoms with Gasteiger partial charge in [-0.25, -0.2) is 0 Å². The van der Waals surface area contributed by atoms with Crippen molar-refractivity contribution in [2.75, 3.05) is 5.32 Å². The van der Waals surface area contributed by atoms with Crippen LogP contribution in [-0.2, 0) is 4.79 Å². The molecule has 4 nitrogen and oxygen atoms in total. The van der Waals surface area contributed by atoms with Crippen LogP contribution in [0.5, 0.6) is 0 Å². The second-order valence-corrected chi connectivity index (χ2v) is 4.09. The van der Waals surface area contributed by atoms with Gasteiger partial charge in [0.05, 0.1) is 0 Å². The molecule has 0 unspecified atom stereocenters. The number of anilines is 1. The molecule has 16 heavy (non-hydrogen) atoms. The Kier molecular flexibility index (Phi) is 5.02. The molecule has 0 atom stereocenters. The van der Waals surface area contributed by atoms with E-state index >= 15 is 0 Å². The maximum absolute atomic E-state index is 11.9. The number of rotatable bonds is 6. The third-order valence-corrected chi connectivity index (χ3v) is 2.52. The zero-order chi connectivity index (χ0) is 12.0. The molecular formula is C12H20N2O2. The number of aryl methyl sites for hydroxylation is 1. The van der Waals surface area contributed by atoms with E-state index in [9.17, 15) is 4.79 Å². The van der Waals surface area contributed by atoms with Gasteiger partial charge >= 0.3 is 0 Å². The number of amides is 1. The Morgan fingerprint density at radius 1 is 1.44 bits per heavy atom. The van der Waals surface area contributed by atoms with Crippen LogP contribution in [0.25, 0.3) is 0 Å². The molecule has 0 aliphatic rings. The van der Waals surface area contributed by atoms with Crippen molar-refractivity contribution < 1.29 is 9.32 Å². The van der Waals surface area contributed by atoms with E-state index in [0.29, 0.717) is 11.6 Å². The van der Waals surface area contributed by atoms with Gasteiger partial charge in [-0.05, 0) is 19.8 Å². The second-order valence-electron chi connectivity index (χ2n) is 4.09. The van der Waals surface area contributed by atoms with Crippen molar-refractivity contribution in [3.63, 3.8) is 0 Å². The molecular weight excluding hydrogens is 204 g/mol. The molecule has 0 radical (unpaired) electrons. The van der Waals surface area contributed by atoms with Gasteiger partial charge in [-0.1, -0.05) is 31.8 Å². The molecule has 1 heterocycles. The zero-order valence-electron chi connectivity index (χ0n) is 10.2. The summed E-state index contributed by atoms with van der Waals surface area (Å²) in [7, 11) is 0. The maximum Gasteiger partial charge on any atom is 0.228 e. The zero-order valence-corrected chi connectivity index (χ0v) is 10.2. The Labute approximate surface area is 96.4 Å². The maximum atomic E-state index is 11.9. The van der Waals surface area contributed by atoms with E-state index in [4.69, 9.17) is 4.52 Å². The van der Waals surface area contributed by atoms with Gasteiger partial charge in [0.15, 0.2) is 5.82 Å². The SMILES string of the molecule is CCCC(CCC)C(=O)Nc1cc(C)on1. The van der Waals surface area contributed by atoms with E-state index in [1.165, 1.54) is 0 Å². The van der Waals surface area contributed by atoms with Gasteiger partial charge in [-0.2, -0.15) is 0 Å². The summed E-state index contributed by atoms with van der Waals surface area (Å²) in [5.41, 5.74) is 0. The lowest BCUT2D eigenvalue weighted by molar-refractivity contribution is -0.120. The van der Waals surface area contributed by atoms with Crippen LogP contribution in [0.2, 0.25) is 0 Å². The third-order valence-electron chi connectivity index (χ3n) is 2.52. The number of aromatic nitrogens is 1.